The molecule has 0 aromatic carbocycles. The van der Waals surface area contributed by atoms with Crippen LogP contribution in [0.15, 0.2) is 24.2 Å². The van der Waals surface area contributed by atoms with Crippen LogP contribution in [0.3, 0.4) is 0 Å². The summed E-state index contributed by atoms with van der Waals surface area (Å²) in [4.78, 5) is 0. The van der Waals surface area contributed by atoms with Gasteiger partial charge in [-0.25, -0.2) is 0 Å². The molecule has 1 rings (SSSR count). The van der Waals surface area contributed by atoms with Crippen molar-refractivity contribution in [2.45, 2.75) is 54.4 Å². The average Bonchev–Trinajstić information content (AvgIpc) is 2.13. The van der Waals surface area contributed by atoms with Crippen molar-refractivity contribution in [3.8, 4) is 0 Å². The minimum atomic E-state index is 0.327. The standard InChI is InChI=1S/C17H29B/c1-13(11-16(2,3)4)10-14-8-9-18-12-15(14)17(5,6)7/h8-9,12,14-15H,1,10-11H2,2-7H3. The third-order valence-corrected chi connectivity index (χ3v) is 3.55. The zero-order valence-electron chi connectivity index (χ0n) is 13.1. The van der Waals surface area contributed by atoms with Gasteiger partial charge in [0, 0.05) is 0 Å². The zero-order valence-corrected chi connectivity index (χ0v) is 13.1. The van der Waals surface area contributed by atoms with Crippen LogP contribution in [0.5, 0.6) is 0 Å². The Balaban J connectivity index is 2.68. The number of allylic oxidation sites excluding steroid dienone is 2. The SMILES string of the molecule is C=C(CC1C=CB=CC1C(C)(C)C)CC(C)(C)C. The van der Waals surface area contributed by atoms with E-state index in [0.29, 0.717) is 22.7 Å². The van der Waals surface area contributed by atoms with Crippen LogP contribution >= 0.6 is 0 Å². The van der Waals surface area contributed by atoms with Gasteiger partial charge in [-0.3, -0.25) is 0 Å². The fraction of sp³-hybridized carbons (Fsp3) is 0.706. The monoisotopic (exact) mass is 244 g/mol. The third kappa shape index (κ3) is 4.96. The first kappa shape index (κ1) is 15.5. The molecule has 1 heterocycles. The minimum absolute atomic E-state index is 0.327. The van der Waals surface area contributed by atoms with Gasteiger partial charge in [-0.15, -0.1) is 0 Å². The number of hydrogen-bond acceptors (Lipinski definition) is 0. The Morgan fingerprint density at radius 1 is 1.17 bits per heavy atom. The van der Waals surface area contributed by atoms with Gasteiger partial charge in [-0.05, 0) is 0 Å². The van der Waals surface area contributed by atoms with Crippen LogP contribution in [0.1, 0.15) is 54.4 Å². The second-order valence-corrected chi connectivity index (χ2v) is 8.02. The average molecular weight is 244 g/mol. The first-order valence-corrected chi connectivity index (χ1v) is 7.11. The molecule has 0 saturated carbocycles. The van der Waals surface area contributed by atoms with Gasteiger partial charge in [0.2, 0.25) is 0 Å². The van der Waals surface area contributed by atoms with Crippen LogP contribution in [0.4, 0.5) is 0 Å². The molecule has 18 heavy (non-hydrogen) atoms. The summed E-state index contributed by atoms with van der Waals surface area (Å²) < 4.78 is 0. The van der Waals surface area contributed by atoms with E-state index in [4.69, 9.17) is 0 Å². The molecule has 0 radical (unpaired) electrons. The Morgan fingerprint density at radius 3 is 2.28 bits per heavy atom. The van der Waals surface area contributed by atoms with Crippen LogP contribution in [0, 0.1) is 22.7 Å². The maximum atomic E-state index is 4.29. The van der Waals surface area contributed by atoms with Crippen LogP contribution in [0.2, 0.25) is 0 Å². The molecule has 2 unspecified atom stereocenters. The Hall–Kier alpha value is -0.585. The van der Waals surface area contributed by atoms with Crippen molar-refractivity contribution in [3.05, 3.63) is 24.2 Å². The van der Waals surface area contributed by atoms with Crippen LogP contribution < -0.4 is 0 Å². The van der Waals surface area contributed by atoms with E-state index in [1.165, 1.54) is 5.57 Å². The molecular weight excluding hydrogens is 215 g/mol. The van der Waals surface area contributed by atoms with Crippen molar-refractivity contribution in [1.82, 2.24) is 0 Å². The van der Waals surface area contributed by atoms with Crippen molar-refractivity contribution >= 4 is 12.9 Å². The summed E-state index contributed by atoms with van der Waals surface area (Å²) in [5.41, 5.74) is 2.07. The van der Waals surface area contributed by atoms with Crippen LogP contribution in [0.25, 0.3) is 0 Å². The van der Waals surface area contributed by atoms with E-state index in [9.17, 15) is 0 Å². The maximum absolute atomic E-state index is 4.29. The van der Waals surface area contributed by atoms with Gasteiger partial charge >= 0.3 is 114 Å². The van der Waals surface area contributed by atoms with Crippen LogP contribution in [-0.2, 0) is 0 Å². The van der Waals surface area contributed by atoms with Gasteiger partial charge in [-0.2, -0.15) is 0 Å². The van der Waals surface area contributed by atoms with E-state index in [-0.39, 0.29) is 0 Å². The first-order valence-electron chi connectivity index (χ1n) is 7.11. The van der Waals surface area contributed by atoms with Gasteiger partial charge in [-0.1, -0.05) is 0 Å². The van der Waals surface area contributed by atoms with Crippen molar-refractivity contribution in [3.63, 3.8) is 0 Å². The van der Waals surface area contributed by atoms with E-state index in [1.54, 1.807) is 0 Å². The Morgan fingerprint density at radius 2 is 1.78 bits per heavy atom. The second-order valence-electron chi connectivity index (χ2n) is 8.02. The van der Waals surface area contributed by atoms with E-state index in [1.807, 2.05) is 0 Å². The summed E-state index contributed by atoms with van der Waals surface area (Å²) in [6.07, 6.45) is 4.61. The van der Waals surface area contributed by atoms with E-state index in [2.05, 4.69) is 73.1 Å². The molecule has 0 saturated heterocycles. The van der Waals surface area contributed by atoms with Crippen molar-refractivity contribution in [2.75, 3.05) is 0 Å². The van der Waals surface area contributed by atoms with Crippen molar-refractivity contribution < 1.29 is 0 Å². The summed E-state index contributed by atoms with van der Waals surface area (Å²) in [5.74, 6) is 5.80. The van der Waals surface area contributed by atoms with Crippen molar-refractivity contribution in [2.24, 2.45) is 22.7 Å². The molecule has 0 N–H and O–H groups in total. The molecule has 0 spiro atoms. The molecular formula is C17H29B. The third-order valence-electron chi connectivity index (χ3n) is 3.55. The summed E-state index contributed by atoms with van der Waals surface area (Å²) in [5, 5.41) is 0. The fourth-order valence-corrected chi connectivity index (χ4v) is 2.93. The molecule has 0 amide bonds. The Labute approximate surface area is 114 Å². The molecule has 0 aromatic rings. The predicted molar refractivity (Wildman–Crippen MR) is 85.2 cm³/mol. The molecule has 1 aliphatic heterocycles. The molecule has 0 bridgehead atoms. The molecule has 2 atom stereocenters. The normalized spacial score (nSPS) is 23.9. The fourth-order valence-electron chi connectivity index (χ4n) is 2.93. The molecule has 0 nitrogen and oxygen atoms in total. The van der Waals surface area contributed by atoms with Gasteiger partial charge in [0.1, 0.15) is 0 Å². The molecule has 1 heteroatoms. The summed E-state index contributed by atoms with van der Waals surface area (Å²) in [6.45, 7) is 20.4. The van der Waals surface area contributed by atoms with Gasteiger partial charge < -0.3 is 0 Å². The van der Waals surface area contributed by atoms with Crippen molar-refractivity contribution in [1.29, 1.82) is 0 Å². The van der Waals surface area contributed by atoms with E-state index >= 15 is 0 Å². The Kier molecular flexibility index (Phi) is 4.81. The summed E-state index contributed by atoms with van der Waals surface area (Å²) in [6, 6.07) is 0. The van der Waals surface area contributed by atoms with Crippen LogP contribution in [-0.4, -0.2) is 12.9 Å². The van der Waals surface area contributed by atoms with Gasteiger partial charge in [0.05, 0.1) is 0 Å². The molecule has 100 valence electrons. The van der Waals surface area contributed by atoms with E-state index in [0.717, 1.165) is 12.8 Å². The quantitative estimate of drug-likeness (QED) is 0.499. The number of rotatable bonds is 3. The predicted octanol–water partition coefficient (Wildman–Crippen LogP) is 4.68. The topological polar surface area (TPSA) is 0 Å². The second kappa shape index (κ2) is 5.59. The molecule has 1 aliphatic rings. The summed E-state index contributed by atoms with van der Waals surface area (Å²) >= 11 is 0. The number of hydrogen-bond donors (Lipinski definition) is 0. The van der Waals surface area contributed by atoms with E-state index < -0.39 is 0 Å². The van der Waals surface area contributed by atoms with Gasteiger partial charge in [0.25, 0.3) is 0 Å². The summed E-state index contributed by atoms with van der Waals surface area (Å²) in [7, 11) is 0. The zero-order chi connectivity index (χ0) is 14.0. The first-order chi connectivity index (χ1) is 8.09. The molecule has 0 aromatic heterocycles. The van der Waals surface area contributed by atoms with Gasteiger partial charge in [0.15, 0.2) is 0 Å². The molecule has 0 fully saturated rings. The Bertz CT molecular complexity index is 347. The molecule has 0 aliphatic carbocycles.